The first-order chi connectivity index (χ1) is 14.9. The molecule has 5 nitrogen and oxygen atoms in total. The molecular formula is C26H23NO4. The van der Waals surface area contributed by atoms with Gasteiger partial charge in [0.05, 0.1) is 18.7 Å². The van der Waals surface area contributed by atoms with Crippen molar-refractivity contribution in [2.45, 2.75) is 19.9 Å². The van der Waals surface area contributed by atoms with Gasteiger partial charge in [-0.15, -0.1) is 0 Å². The number of anilines is 1. The van der Waals surface area contributed by atoms with E-state index in [-0.39, 0.29) is 11.3 Å². The van der Waals surface area contributed by atoms with Crippen LogP contribution in [0.15, 0.2) is 78.4 Å². The molecule has 3 aromatic rings. The van der Waals surface area contributed by atoms with E-state index in [1.54, 1.807) is 25.3 Å². The van der Waals surface area contributed by atoms with Crippen molar-refractivity contribution >= 4 is 23.1 Å². The van der Waals surface area contributed by atoms with Crippen LogP contribution in [0.4, 0.5) is 5.69 Å². The van der Waals surface area contributed by atoms with Gasteiger partial charge in [0.15, 0.2) is 0 Å². The molecule has 1 N–H and O–H groups in total. The predicted molar refractivity (Wildman–Crippen MR) is 120 cm³/mol. The van der Waals surface area contributed by atoms with E-state index in [0.29, 0.717) is 17.0 Å². The Hall–Kier alpha value is -3.86. The molecule has 1 aliphatic rings. The van der Waals surface area contributed by atoms with E-state index < -0.39 is 17.7 Å². The third kappa shape index (κ3) is 3.48. The predicted octanol–water partition coefficient (Wildman–Crippen LogP) is 4.94. The van der Waals surface area contributed by atoms with Gasteiger partial charge in [0.25, 0.3) is 11.7 Å². The molecule has 0 aromatic heterocycles. The van der Waals surface area contributed by atoms with E-state index in [9.17, 15) is 14.7 Å². The number of aliphatic hydroxyl groups excluding tert-OH is 1. The summed E-state index contributed by atoms with van der Waals surface area (Å²) in [6.07, 6.45) is 0. The van der Waals surface area contributed by atoms with Gasteiger partial charge < -0.3 is 9.84 Å². The molecule has 1 heterocycles. The van der Waals surface area contributed by atoms with E-state index >= 15 is 0 Å². The first-order valence-corrected chi connectivity index (χ1v) is 10.0. The zero-order chi connectivity index (χ0) is 22.1. The molecule has 1 atom stereocenters. The summed E-state index contributed by atoms with van der Waals surface area (Å²) in [5.41, 5.74) is 3.57. The smallest absolute Gasteiger partial charge is 0.300 e. The van der Waals surface area contributed by atoms with Crippen LogP contribution in [0.5, 0.6) is 5.75 Å². The molecule has 4 rings (SSSR count). The zero-order valence-corrected chi connectivity index (χ0v) is 17.6. The van der Waals surface area contributed by atoms with Crippen molar-refractivity contribution in [1.82, 2.24) is 0 Å². The second-order valence-electron chi connectivity index (χ2n) is 7.55. The van der Waals surface area contributed by atoms with Crippen LogP contribution in [0, 0.1) is 13.8 Å². The lowest BCUT2D eigenvalue weighted by atomic mass is 9.93. The average molecular weight is 413 g/mol. The number of ether oxygens (including phenoxy) is 1. The van der Waals surface area contributed by atoms with Crippen molar-refractivity contribution in [1.29, 1.82) is 0 Å². The summed E-state index contributed by atoms with van der Waals surface area (Å²) in [4.78, 5) is 27.9. The van der Waals surface area contributed by atoms with Crippen LogP contribution in [0.2, 0.25) is 0 Å². The number of carbonyl (C=O) groups is 2. The number of aryl methyl sites for hydroxylation is 2. The van der Waals surface area contributed by atoms with Crippen molar-refractivity contribution in [2.75, 3.05) is 12.0 Å². The van der Waals surface area contributed by atoms with Crippen molar-refractivity contribution in [3.05, 3.63) is 101 Å². The zero-order valence-electron chi connectivity index (χ0n) is 17.6. The van der Waals surface area contributed by atoms with Gasteiger partial charge in [-0.2, -0.15) is 0 Å². The van der Waals surface area contributed by atoms with Gasteiger partial charge >= 0.3 is 0 Å². The molecular weight excluding hydrogens is 390 g/mol. The number of hydrogen-bond donors (Lipinski definition) is 1. The topological polar surface area (TPSA) is 66.8 Å². The first kappa shape index (κ1) is 20.4. The van der Waals surface area contributed by atoms with Gasteiger partial charge in [0, 0.05) is 11.3 Å². The maximum atomic E-state index is 13.2. The van der Waals surface area contributed by atoms with Gasteiger partial charge in [-0.05, 0) is 54.8 Å². The highest BCUT2D eigenvalue weighted by molar-refractivity contribution is 6.51. The largest absolute Gasteiger partial charge is 0.507 e. The molecule has 0 radical (unpaired) electrons. The molecule has 1 unspecified atom stereocenters. The van der Waals surface area contributed by atoms with Crippen LogP contribution >= 0.6 is 0 Å². The summed E-state index contributed by atoms with van der Waals surface area (Å²) in [6.45, 7) is 3.72. The van der Waals surface area contributed by atoms with Crippen LogP contribution in [0.1, 0.15) is 28.3 Å². The Morgan fingerprint density at radius 1 is 0.903 bits per heavy atom. The summed E-state index contributed by atoms with van der Waals surface area (Å²) in [5, 5.41) is 11.3. The Bertz CT molecular complexity index is 1200. The van der Waals surface area contributed by atoms with Crippen LogP contribution in [-0.4, -0.2) is 23.9 Å². The normalized spacial score (nSPS) is 17.8. The molecule has 31 heavy (non-hydrogen) atoms. The molecule has 0 aliphatic carbocycles. The molecule has 156 valence electrons. The fourth-order valence-corrected chi connectivity index (χ4v) is 4.04. The van der Waals surface area contributed by atoms with Gasteiger partial charge in [0.1, 0.15) is 11.5 Å². The van der Waals surface area contributed by atoms with Gasteiger partial charge in [-0.1, -0.05) is 48.5 Å². The second kappa shape index (κ2) is 8.11. The van der Waals surface area contributed by atoms with Crippen molar-refractivity contribution in [3.8, 4) is 5.75 Å². The highest BCUT2D eigenvalue weighted by Gasteiger charge is 2.47. The Labute approximate surface area is 181 Å². The number of hydrogen-bond acceptors (Lipinski definition) is 4. The Morgan fingerprint density at radius 3 is 2.23 bits per heavy atom. The van der Waals surface area contributed by atoms with E-state index in [4.69, 9.17) is 4.74 Å². The van der Waals surface area contributed by atoms with E-state index in [2.05, 4.69) is 0 Å². The van der Waals surface area contributed by atoms with E-state index in [1.165, 1.54) is 4.90 Å². The number of ketones is 1. The number of rotatable bonds is 4. The van der Waals surface area contributed by atoms with Crippen LogP contribution < -0.4 is 9.64 Å². The van der Waals surface area contributed by atoms with Crippen LogP contribution in [0.3, 0.4) is 0 Å². The SMILES string of the molecule is COc1ccc(/C(O)=C2/C(=O)C(=O)N(c3ccccc3C)C2c2ccccc2)c(C)c1. The van der Waals surface area contributed by atoms with Crippen molar-refractivity contribution in [2.24, 2.45) is 0 Å². The Balaban J connectivity index is 1.96. The summed E-state index contributed by atoms with van der Waals surface area (Å²) < 4.78 is 5.24. The fraction of sp³-hybridized carbons (Fsp3) is 0.154. The van der Waals surface area contributed by atoms with Gasteiger partial charge in [-0.25, -0.2) is 0 Å². The third-order valence-corrected chi connectivity index (χ3v) is 5.62. The number of para-hydroxylation sites is 1. The molecule has 0 saturated carbocycles. The number of aliphatic hydroxyl groups is 1. The minimum Gasteiger partial charge on any atom is -0.507 e. The number of benzene rings is 3. The van der Waals surface area contributed by atoms with Crippen LogP contribution in [0.25, 0.3) is 5.76 Å². The molecule has 1 aliphatic heterocycles. The van der Waals surface area contributed by atoms with Crippen LogP contribution in [-0.2, 0) is 9.59 Å². The summed E-state index contributed by atoms with van der Waals surface area (Å²) in [7, 11) is 1.57. The van der Waals surface area contributed by atoms with E-state index in [1.807, 2.05) is 68.4 Å². The van der Waals surface area contributed by atoms with Gasteiger partial charge in [-0.3, -0.25) is 14.5 Å². The number of carbonyl (C=O) groups excluding carboxylic acids is 2. The summed E-state index contributed by atoms with van der Waals surface area (Å²) >= 11 is 0. The standard InChI is InChI=1S/C26H23NO4/c1-16-9-7-8-12-21(16)27-23(18-10-5-4-6-11-18)22(25(29)26(27)30)24(28)20-14-13-19(31-3)15-17(20)2/h4-15,23,28H,1-3H3/b24-22-. The molecule has 3 aromatic carbocycles. The maximum Gasteiger partial charge on any atom is 0.300 e. The summed E-state index contributed by atoms with van der Waals surface area (Å²) in [5.74, 6) is -0.904. The molecule has 1 saturated heterocycles. The lowest BCUT2D eigenvalue weighted by molar-refractivity contribution is -0.132. The molecule has 0 spiro atoms. The minimum atomic E-state index is -0.733. The van der Waals surface area contributed by atoms with Crippen molar-refractivity contribution < 1.29 is 19.4 Å². The molecule has 1 fully saturated rings. The Kier molecular flexibility index (Phi) is 5.34. The van der Waals surface area contributed by atoms with Gasteiger partial charge in [0.2, 0.25) is 0 Å². The third-order valence-electron chi connectivity index (χ3n) is 5.62. The molecule has 1 amide bonds. The number of methoxy groups -OCH3 is 1. The fourth-order valence-electron chi connectivity index (χ4n) is 4.04. The lowest BCUT2D eigenvalue weighted by Crippen LogP contribution is -2.30. The summed E-state index contributed by atoms with van der Waals surface area (Å²) in [6, 6.07) is 21.2. The average Bonchev–Trinajstić information content (AvgIpc) is 3.04. The first-order valence-electron chi connectivity index (χ1n) is 10.0. The minimum absolute atomic E-state index is 0.0766. The Morgan fingerprint density at radius 2 is 1.58 bits per heavy atom. The van der Waals surface area contributed by atoms with Crippen molar-refractivity contribution in [3.63, 3.8) is 0 Å². The highest BCUT2D eigenvalue weighted by atomic mass is 16.5. The molecule has 0 bridgehead atoms. The number of nitrogens with zero attached hydrogens (tertiary/aromatic N) is 1. The highest BCUT2D eigenvalue weighted by Crippen LogP contribution is 2.43. The number of amides is 1. The van der Waals surface area contributed by atoms with E-state index in [0.717, 1.165) is 16.7 Å². The maximum absolute atomic E-state index is 13.2. The monoisotopic (exact) mass is 413 g/mol. The molecule has 5 heteroatoms. The number of Topliss-reactive ketones (excluding diaryl/α,β-unsaturated/α-hetero) is 1. The quantitative estimate of drug-likeness (QED) is 0.374. The lowest BCUT2D eigenvalue weighted by Gasteiger charge is -2.26. The second-order valence-corrected chi connectivity index (χ2v) is 7.55.